The summed E-state index contributed by atoms with van der Waals surface area (Å²) in [7, 11) is 4.07. The predicted octanol–water partition coefficient (Wildman–Crippen LogP) is 2.31. The smallest absolute Gasteiger partial charge is 0.181 e. The van der Waals surface area contributed by atoms with E-state index in [4.69, 9.17) is 0 Å². The van der Waals surface area contributed by atoms with Gasteiger partial charge in [-0.2, -0.15) is 0 Å². The molecule has 1 atom stereocenters. The van der Waals surface area contributed by atoms with Crippen LogP contribution >= 0.6 is 0 Å². The van der Waals surface area contributed by atoms with Crippen molar-refractivity contribution in [3.05, 3.63) is 53.4 Å². The molecule has 0 saturated heterocycles. The normalized spacial score (nSPS) is 21.0. The largest absolute Gasteiger partial charge is 0.352 e. The zero-order valence-electron chi connectivity index (χ0n) is 14.7. The molecule has 3 rings (SSSR count). The van der Waals surface area contributed by atoms with Crippen molar-refractivity contribution in [3.8, 4) is 0 Å². The highest BCUT2D eigenvalue weighted by atomic mass is 19.1. The zero-order chi connectivity index (χ0) is 18.0. The van der Waals surface area contributed by atoms with E-state index in [-0.39, 0.29) is 6.29 Å². The van der Waals surface area contributed by atoms with Gasteiger partial charge < -0.3 is 15.5 Å². The predicted molar refractivity (Wildman–Crippen MR) is 95.5 cm³/mol. The Balaban J connectivity index is 1.80. The van der Waals surface area contributed by atoms with Gasteiger partial charge in [-0.05, 0) is 52.2 Å². The fourth-order valence-electron chi connectivity index (χ4n) is 2.86. The molecule has 0 saturated carbocycles. The number of hydrogen-bond donors (Lipinski definition) is 2. The van der Waals surface area contributed by atoms with Crippen LogP contribution in [0.15, 0.2) is 41.2 Å². The monoisotopic (exact) mass is 347 g/mol. The molecule has 0 amide bonds. The molecule has 7 heteroatoms. The maximum absolute atomic E-state index is 14.1. The van der Waals surface area contributed by atoms with Crippen molar-refractivity contribution in [2.24, 2.45) is 4.99 Å². The van der Waals surface area contributed by atoms with Crippen molar-refractivity contribution in [3.63, 3.8) is 0 Å². The number of aliphatic imine (C=N–C) groups is 1. The minimum absolute atomic E-state index is 0.225. The van der Waals surface area contributed by atoms with Crippen LogP contribution in [-0.2, 0) is 0 Å². The third kappa shape index (κ3) is 3.99. The summed E-state index contributed by atoms with van der Waals surface area (Å²) in [5, 5.41) is 6.51. The first-order chi connectivity index (χ1) is 11.9. The fourth-order valence-corrected chi connectivity index (χ4v) is 2.86. The molecule has 0 spiro atoms. The van der Waals surface area contributed by atoms with Gasteiger partial charge in [-0.3, -0.25) is 9.89 Å². The van der Waals surface area contributed by atoms with Gasteiger partial charge in [0.1, 0.15) is 17.5 Å². The summed E-state index contributed by atoms with van der Waals surface area (Å²) in [6, 6.07) is 3.59. The second-order valence-electron chi connectivity index (χ2n) is 6.49. The van der Waals surface area contributed by atoms with Crippen LogP contribution in [0.5, 0.6) is 0 Å². The Labute approximate surface area is 146 Å². The Bertz CT molecular complexity index is 739. The molecule has 134 valence electrons. The van der Waals surface area contributed by atoms with Gasteiger partial charge in [-0.15, -0.1) is 0 Å². The van der Waals surface area contributed by atoms with Gasteiger partial charge in [0.2, 0.25) is 0 Å². The molecule has 2 N–H and O–H groups in total. The Hall–Kier alpha value is -2.41. The molecule has 2 aliphatic heterocycles. The maximum Gasteiger partial charge on any atom is 0.181 e. The van der Waals surface area contributed by atoms with E-state index in [0.717, 1.165) is 30.6 Å². The first kappa shape index (κ1) is 17.4. The Kier molecular flexibility index (Phi) is 5.03. The van der Waals surface area contributed by atoms with E-state index in [1.165, 1.54) is 12.1 Å². The molecule has 0 aromatic heterocycles. The molecular formula is C18H23F2N5. The van der Waals surface area contributed by atoms with Crippen LogP contribution in [0.3, 0.4) is 0 Å². The Morgan fingerprint density at radius 3 is 2.76 bits per heavy atom. The summed E-state index contributed by atoms with van der Waals surface area (Å²) < 4.78 is 27.2. The van der Waals surface area contributed by atoms with Crippen molar-refractivity contribution in [1.82, 2.24) is 20.4 Å². The minimum atomic E-state index is -0.590. The third-order valence-corrected chi connectivity index (χ3v) is 4.07. The van der Waals surface area contributed by atoms with Gasteiger partial charge in [0.05, 0.1) is 5.70 Å². The van der Waals surface area contributed by atoms with Crippen molar-refractivity contribution >= 4 is 11.5 Å². The van der Waals surface area contributed by atoms with Crippen molar-refractivity contribution in [2.75, 3.05) is 27.2 Å². The zero-order valence-corrected chi connectivity index (χ0v) is 14.7. The molecule has 25 heavy (non-hydrogen) atoms. The van der Waals surface area contributed by atoms with Crippen LogP contribution < -0.4 is 10.6 Å². The van der Waals surface area contributed by atoms with Crippen molar-refractivity contribution < 1.29 is 8.78 Å². The van der Waals surface area contributed by atoms with Gasteiger partial charge in [0.15, 0.2) is 6.29 Å². The summed E-state index contributed by atoms with van der Waals surface area (Å²) in [4.78, 5) is 8.73. The van der Waals surface area contributed by atoms with Gasteiger partial charge in [0, 0.05) is 30.1 Å². The van der Waals surface area contributed by atoms with E-state index >= 15 is 0 Å². The Morgan fingerprint density at radius 2 is 2.04 bits per heavy atom. The number of benzene rings is 1. The molecule has 0 fully saturated rings. The third-order valence-electron chi connectivity index (χ3n) is 4.07. The lowest BCUT2D eigenvalue weighted by atomic mass is 10.1. The highest BCUT2D eigenvalue weighted by Crippen LogP contribution is 2.25. The molecule has 0 radical (unpaired) electrons. The van der Waals surface area contributed by atoms with Crippen LogP contribution in [0.4, 0.5) is 8.78 Å². The van der Waals surface area contributed by atoms with Crippen LogP contribution in [0.1, 0.15) is 18.9 Å². The summed E-state index contributed by atoms with van der Waals surface area (Å²) in [6.07, 6.45) is 4.51. The van der Waals surface area contributed by atoms with Gasteiger partial charge in [-0.25, -0.2) is 8.78 Å². The summed E-state index contributed by atoms with van der Waals surface area (Å²) in [5.41, 5.74) is 1.91. The lowest BCUT2D eigenvalue weighted by Gasteiger charge is -2.31. The van der Waals surface area contributed by atoms with Crippen LogP contribution in [0.2, 0.25) is 0 Å². The van der Waals surface area contributed by atoms with Crippen LogP contribution in [-0.4, -0.2) is 49.1 Å². The topological polar surface area (TPSA) is 42.9 Å². The number of rotatable bonds is 5. The van der Waals surface area contributed by atoms with E-state index in [1.807, 2.05) is 38.2 Å². The van der Waals surface area contributed by atoms with Crippen molar-refractivity contribution in [1.29, 1.82) is 0 Å². The number of hydrogen-bond acceptors (Lipinski definition) is 4. The molecule has 5 nitrogen and oxygen atoms in total. The van der Waals surface area contributed by atoms with E-state index in [9.17, 15) is 8.78 Å². The second-order valence-corrected chi connectivity index (χ2v) is 6.49. The molecular weight excluding hydrogens is 324 g/mol. The number of fused-ring (bicyclic) bond motifs is 1. The van der Waals surface area contributed by atoms with Crippen LogP contribution in [0.25, 0.3) is 5.70 Å². The van der Waals surface area contributed by atoms with Gasteiger partial charge in [-0.1, -0.05) is 0 Å². The van der Waals surface area contributed by atoms with Crippen molar-refractivity contribution in [2.45, 2.75) is 19.6 Å². The Morgan fingerprint density at radius 1 is 1.24 bits per heavy atom. The van der Waals surface area contributed by atoms with E-state index in [2.05, 4.69) is 20.5 Å². The SMILES string of the molecule is CC1=CC(=NCCCN(C)C)N2C=C(c3ccc(F)cc3F)NC2N1. The molecule has 0 bridgehead atoms. The molecule has 2 heterocycles. The molecule has 0 aliphatic carbocycles. The number of nitrogens with zero attached hydrogens (tertiary/aromatic N) is 3. The average molecular weight is 347 g/mol. The minimum Gasteiger partial charge on any atom is -0.352 e. The maximum atomic E-state index is 14.1. The van der Waals surface area contributed by atoms with Crippen LogP contribution in [0, 0.1) is 11.6 Å². The number of halogens is 2. The quantitative estimate of drug-likeness (QED) is 0.803. The van der Waals surface area contributed by atoms with Gasteiger partial charge >= 0.3 is 0 Å². The highest BCUT2D eigenvalue weighted by molar-refractivity contribution is 5.96. The number of allylic oxidation sites excluding steroid dienone is 1. The summed E-state index contributed by atoms with van der Waals surface area (Å²) in [6.45, 7) is 3.65. The summed E-state index contributed by atoms with van der Waals surface area (Å²) >= 11 is 0. The lowest BCUT2D eigenvalue weighted by Crippen LogP contribution is -2.52. The van der Waals surface area contributed by atoms with E-state index in [1.54, 1.807) is 0 Å². The first-order valence-corrected chi connectivity index (χ1v) is 8.30. The number of nitrogens with one attached hydrogen (secondary N) is 2. The first-order valence-electron chi connectivity index (χ1n) is 8.30. The number of amidine groups is 1. The second kappa shape index (κ2) is 7.23. The molecule has 1 aromatic rings. The average Bonchev–Trinajstić information content (AvgIpc) is 2.94. The molecule has 1 unspecified atom stereocenters. The van der Waals surface area contributed by atoms with Gasteiger partial charge in [0.25, 0.3) is 0 Å². The highest BCUT2D eigenvalue weighted by Gasteiger charge is 2.31. The standard InChI is InChI=1S/C18H23F2N5/c1-12-9-17(21-7-4-8-24(2)3)25-11-16(23-18(25)22-12)14-6-5-13(19)10-15(14)20/h5-6,9-11,18,22-23H,4,7-8H2,1-3H3. The summed E-state index contributed by atoms with van der Waals surface area (Å²) in [5.74, 6) is -0.353. The lowest BCUT2D eigenvalue weighted by molar-refractivity contribution is 0.345. The van der Waals surface area contributed by atoms with E-state index in [0.29, 0.717) is 17.8 Å². The molecule has 1 aromatic carbocycles. The van der Waals surface area contributed by atoms with E-state index < -0.39 is 11.6 Å². The molecule has 2 aliphatic rings. The fraction of sp³-hybridized carbons (Fsp3) is 0.389.